The van der Waals surface area contributed by atoms with Crippen LogP contribution in [0.3, 0.4) is 0 Å². The molecule has 0 fully saturated rings. The van der Waals surface area contributed by atoms with Gasteiger partial charge in [0, 0.05) is 17.9 Å². The number of benzene rings is 1. The molecule has 120 valence electrons. The number of aromatic nitrogens is 1. The maximum Gasteiger partial charge on any atom is 0.227 e. The summed E-state index contributed by atoms with van der Waals surface area (Å²) in [7, 11) is 1.63. The van der Waals surface area contributed by atoms with Gasteiger partial charge in [-0.25, -0.2) is 4.98 Å². The number of carbonyl (C=O) groups excluding carboxylic acids is 1. The molecule has 2 rings (SSSR count). The van der Waals surface area contributed by atoms with Crippen LogP contribution < -0.4 is 10.1 Å². The van der Waals surface area contributed by atoms with Crippen LogP contribution >= 0.6 is 11.3 Å². The van der Waals surface area contributed by atoms with Crippen LogP contribution in [-0.4, -0.2) is 18.0 Å². The third-order valence-electron chi connectivity index (χ3n) is 3.44. The number of thiazole rings is 1. The van der Waals surface area contributed by atoms with Crippen molar-refractivity contribution in [2.45, 2.75) is 26.2 Å². The molecular weight excluding hydrogens is 310 g/mol. The molecule has 23 heavy (non-hydrogen) atoms. The minimum absolute atomic E-state index is 0.0382. The third kappa shape index (κ3) is 4.80. The molecule has 0 saturated carbocycles. The van der Waals surface area contributed by atoms with Crippen molar-refractivity contribution in [1.82, 2.24) is 4.98 Å². The SMILES string of the molecule is COc1cccc(-c2ncc(NC(=O)[C@@H](C)CCCC#N)s2)c1. The van der Waals surface area contributed by atoms with Crippen LogP contribution in [0.25, 0.3) is 10.6 Å². The molecule has 1 heterocycles. The van der Waals surface area contributed by atoms with Crippen molar-refractivity contribution in [2.24, 2.45) is 5.92 Å². The average molecular weight is 329 g/mol. The van der Waals surface area contributed by atoms with E-state index in [-0.39, 0.29) is 11.8 Å². The van der Waals surface area contributed by atoms with Crippen LogP contribution in [0.5, 0.6) is 5.75 Å². The lowest BCUT2D eigenvalue weighted by atomic mass is 10.0. The van der Waals surface area contributed by atoms with Gasteiger partial charge in [0.05, 0.1) is 19.4 Å². The first-order valence-electron chi connectivity index (χ1n) is 7.42. The lowest BCUT2D eigenvalue weighted by molar-refractivity contribution is -0.119. The van der Waals surface area contributed by atoms with Crippen LogP contribution in [0.15, 0.2) is 30.5 Å². The first-order valence-corrected chi connectivity index (χ1v) is 8.23. The van der Waals surface area contributed by atoms with Gasteiger partial charge in [0.1, 0.15) is 15.8 Å². The number of nitrogens with zero attached hydrogens (tertiary/aromatic N) is 2. The van der Waals surface area contributed by atoms with Crippen molar-refractivity contribution in [1.29, 1.82) is 5.26 Å². The van der Waals surface area contributed by atoms with Gasteiger partial charge >= 0.3 is 0 Å². The zero-order valence-electron chi connectivity index (χ0n) is 13.2. The summed E-state index contributed by atoms with van der Waals surface area (Å²) in [6, 6.07) is 9.75. The molecular formula is C17H19N3O2S. The normalized spacial score (nSPS) is 11.5. The van der Waals surface area contributed by atoms with E-state index in [4.69, 9.17) is 10.00 Å². The number of rotatable bonds is 7. The van der Waals surface area contributed by atoms with E-state index in [1.54, 1.807) is 13.3 Å². The van der Waals surface area contributed by atoms with Crippen LogP contribution in [0, 0.1) is 17.2 Å². The standard InChI is InChI=1S/C17H19N3O2S/c1-12(6-3-4-9-18)16(21)20-15-11-19-17(23-15)13-7-5-8-14(10-13)22-2/h5,7-8,10-12H,3-4,6H2,1-2H3,(H,20,21)/t12-/m0/s1. The van der Waals surface area contributed by atoms with Gasteiger partial charge in [-0.2, -0.15) is 5.26 Å². The number of amides is 1. The Labute approximate surface area is 139 Å². The van der Waals surface area contributed by atoms with Crippen molar-refractivity contribution in [2.75, 3.05) is 12.4 Å². The third-order valence-corrected chi connectivity index (χ3v) is 4.40. The number of carbonyl (C=O) groups is 1. The Morgan fingerprint density at radius 2 is 2.35 bits per heavy atom. The summed E-state index contributed by atoms with van der Waals surface area (Å²) in [5.41, 5.74) is 0.955. The van der Waals surface area contributed by atoms with E-state index in [2.05, 4.69) is 16.4 Å². The highest BCUT2D eigenvalue weighted by Crippen LogP contribution is 2.30. The Morgan fingerprint density at radius 1 is 1.52 bits per heavy atom. The van der Waals surface area contributed by atoms with Crippen molar-refractivity contribution >= 4 is 22.2 Å². The molecule has 1 amide bonds. The van der Waals surface area contributed by atoms with Crippen molar-refractivity contribution < 1.29 is 9.53 Å². The summed E-state index contributed by atoms with van der Waals surface area (Å²) >= 11 is 1.43. The molecule has 0 aliphatic rings. The fourth-order valence-corrected chi connectivity index (χ4v) is 2.90. The molecule has 0 bridgehead atoms. The van der Waals surface area contributed by atoms with Gasteiger partial charge in [-0.1, -0.05) is 30.4 Å². The fourth-order valence-electron chi connectivity index (χ4n) is 2.08. The summed E-state index contributed by atoms with van der Waals surface area (Å²) in [6.45, 7) is 1.87. The number of unbranched alkanes of at least 4 members (excludes halogenated alkanes) is 1. The van der Waals surface area contributed by atoms with Crippen molar-refractivity contribution in [3.8, 4) is 22.4 Å². The molecule has 0 radical (unpaired) electrons. The summed E-state index contributed by atoms with van der Waals surface area (Å²) in [5.74, 6) is 0.615. The molecule has 1 aromatic carbocycles. The van der Waals surface area contributed by atoms with Gasteiger partial charge in [-0.3, -0.25) is 4.79 Å². The van der Waals surface area contributed by atoms with E-state index >= 15 is 0 Å². The molecule has 0 spiro atoms. The molecule has 0 aliphatic carbocycles. The van der Waals surface area contributed by atoms with E-state index in [1.807, 2.05) is 31.2 Å². The second kappa shape index (κ2) is 8.30. The lowest BCUT2D eigenvalue weighted by Gasteiger charge is -2.09. The first-order chi connectivity index (χ1) is 11.1. The Morgan fingerprint density at radius 3 is 3.09 bits per heavy atom. The predicted octanol–water partition coefficient (Wildman–Crippen LogP) is 4.09. The molecule has 1 aromatic heterocycles. The highest BCUT2D eigenvalue weighted by molar-refractivity contribution is 7.19. The number of nitriles is 1. The van der Waals surface area contributed by atoms with Crippen LogP contribution in [0.1, 0.15) is 26.2 Å². The zero-order valence-corrected chi connectivity index (χ0v) is 14.0. The maximum atomic E-state index is 12.1. The number of nitrogens with one attached hydrogen (secondary N) is 1. The number of ether oxygens (including phenoxy) is 1. The molecule has 5 nitrogen and oxygen atoms in total. The highest BCUT2D eigenvalue weighted by atomic mass is 32.1. The molecule has 6 heteroatoms. The van der Waals surface area contributed by atoms with Gasteiger partial charge in [-0.15, -0.1) is 0 Å². The minimum Gasteiger partial charge on any atom is -0.497 e. The summed E-state index contributed by atoms with van der Waals surface area (Å²) < 4.78 is 5.21. The van der Waals surface area contributed by atoms with E-state index in [1.165, 1.54) is 11.3 Å². The molecule has 0 saturated heterocycles. The number of hydrogen-bond acceptors (Lipinski definition) is 5. The van der Waals surface area contributed by atoms with Crippen molar-refractivity contribution in [3.63, 3.8) is 0 Å². The van der Waals surface area contributed by atoms with Gasteiger partial charge in [0.15, 0.2) is 0 Å². The van der Waals surface area contributed by atoms with E-state index in [0.717, 1.165) is 27.7 Å². The van der Waals surface area contributed by atoms with Gasteiger partial charge in [0.25, 0.3) is 0 Å². The number of anilines is 1. The quantitative estimate of drug-likeness (QED) is 0.776. The van der Waals surface area contributed by atoms with Gasteiger partial charge < -0.3 is 10.1 Å². The van der Waals surface area contributed by atoms with Gasteiger partial charge in [-0.05, 0) is 25.0 Å². The van der Waals surface area contributed by atoms with Crippen molar-refractivity contribution in [3.05, 3.63) is 30.5 Å². The Hall–Kier alpha value is -2.39. The van der Waals surface area contributed by atoms with Gasteiger partial charge in [0.2, 0.25) is 5.91 Å². The van der Waals surface area contributed by atoms with Crippen LogP contribution in [-0.2, 0) is 4.79 Å². The number of hydrogen-bond donors (Lipinski definition) is 1. The fraction of sp³-hybridized carbons (Fsp3) is 0.353. The second-order valence-electron chi connectivity index (χ2n) is 5.20. The lowest BCUT2D eigenvalue weighted by Crippen LogP contribution is -2.19. The van der Waals surface area contributed by atoms with E-state index in [0.29, 0.717) is 12.8 Å². The topological polar surface area (TPSA) is 75.0 Å². The smallest absolute Gasteiger partial charge is 0.227 e. The van der Waals surface area contributed by atoms with Crippen LogP contribution in [0.2, 0.25) is 0 Å². The number of methoxy groups -OCH3 is 1. The zero-order chi connectivity index (χ0) is 16.7. The minimum atomic E-state index is -0.120. The molecule has 0 aliphatic heterocycles. The summed E-state index contributed by atoms with van der Waals surface area (Å²) in [4.78, 5) is 16.5. The first kappa shape index (κ1) is 17.0. The molecule has 2 aromatic rings. The van der Waals surface area contributed by atoms with Crippen LogP contribution in [0.4, 0.5) is 5.00 Å². The Bertz CT molecular complexity index is 706. The van der Waals surface area contributed by atoms with E-state index in [9.17, 15) is 4.79 Å². The predicted molar refractivity (Wildman–Crippen MR) is 91.4 cm³/mol. The summed E-state index contributed by atoms with van der Waals surface area (Å²) in [5, 5.41) is 13.0. The van der Waals surface area contributed by atoms with E-state index < -0.39 is 0 Å². The largest absolute Gasteiger partial charge is 0.497 e. The highest BCUT2D eigenvalue weighted by Gasteiger charge is 2.14. The maximum absolute atomic E-state index is 12.1. The molecule has 1 N–H and O–H groups in total. The second-order valence-corrected chi connectivity index (χ2v) is 6.23. The average Bonchev–Trinajstić information content (AvgIpc) is 3.03. The summed E-state index contributed by atoms with van der Waals surface area (Å²) in [6.07, 6.45) is 3.60. The molecule has 0 unspecified atom stereocenters. The Kier molecular flexibility index (Phi) is 6.12. The molecule has 1 atom stereocenters. The monoisotopic (exact) mass is 329 g/mol. The Balaban J connectivity index is 1.99.